The molecule has 2 N–H and O–H groups in total. The molecule has 0 aliphatic carbocycles. The molecule has 0 spiro atoms. The third-order valence-electron chi connectivity index (χ3n) is 4.99. The van der Waals surface area contributed by atoms with Crippen molar-refractivity contribution in [2.45, 2.75) is 0 Å². The van der Waals surface area contributed by atoms with E-state index >= 15 is 0 Å². The van der Waals surface area contributed by atoms with E-state index in [2.05, 4.69) is 20.3 Å². The zero-order valence-corrected chi connectivity index (χ0v) is 17.3. The minimum atomic E-state index is -0.723. The molecule has 1 amide bonds. The summed E-state index contributed by atoms with van der Waals surface area (Å²) in [6.45, 7) is 0. The van der Waals surface area contributed by atoms with E-state index in [9.17, 15) is 18.4 Å². The van der Waals surface area contributed by atoms with Crippen molar-refractivity contribution in [3.8, 4) is 17.2 Å². The molecule has 0 aliphatic heterocycles. The summed E-state index contributed by atoms with van der Waals surface area (Å²) in [6.07, 6.45) is 4.41. The van der Waals surface area contributed by atoms with Crippen LogP contribution >= 0.6 is 0 Å². The number of nitrogens with one attached hydrogen (secondary N) is 2. The van der Waals surface area contributed by atoms with Crippen LogP contribution in [0.5, 0.6) is 11.5 Å². The van der Waals surface area contributed by atoms with Crippen molar-refractivity contribution in [2.24, 2.45) is 0 Å². The number of halogens is 2. The van der Waals surface area contributed by atoms with Gasteiger partial charge in [0, 0.05) is 35.9 Å². The molecule has 0 unspecified atom stereocenters. The maximum atomic E-state index is 14.7. The first-order valence-electron chi connectivity index (χ1n) is 10.0. The first-order chi connectivity index (χ1) is 16.5. The predicted molar refractivity (Wildman–Crippen MR) is 120 cm³/mol. The number of imidazole rings is 1. The monoisotopic (exact) mass is 459 g/mol. The standard InChI is InChI=1S/C24H15F2N5O3/c25-14-3-6-16(7-4-14)31-11-1-2-17(24(31)33)23(32)30-15-5-8-19(18(26)12-15)34-20-9-10-27-22-21(20)28-13-29-22/h1-13H,(H,30,32)(H,27,28,29). The molecule has 3 aromatic heterocycles. The molecule has 0 atom stereocenters. The number of hydrogen-bond acceptors (Lipinski definition) is 5. The Kier molecular flexibility index (Phi) is 5.30. The highest BCUT2D eigenvalue weighted by atomic mass is 19.1. The van der Waals surface area contributed by atoms with Crippen molar-refractivity contribution >= 4 is 22.8 Å². The summed E-state index contributed by atoms with van der Waals surface area (Å²) in [7, 11) is 0. The summed E-state index contributed by atoms with van der Waals surface area (Å²) in [5.74, 6) is -1.62. The molecule has 0 radical (unpaired) electrons. The number of amides is 1. The van der Waals surface area contributed by atoms with Crippen LogP contribution in [0.25, 0.3) is 16.9 Å². The maximum absolute atomic E-state index is 14.7. The predicted octanol–water partition coefficient (Wildman–Crippen LogP) is 4.43. The molecule has 0 aliphatic rings. The lowest BCUT2D eigenvalue weighted by atomic mass is 10.2. The molecule has 5 rings (SSSR count). The Balaban J connectivity index is 1.37. The van der Waals surface area contributed by atoms with Gasteiger partial charge in [-0.15, -0.1) is 0 Å². The number of ether oxygens (including phenoxy) is 1. The number of carbonyl (C=O) groups is 1. The highest BCUT2D eigenvalue weighted by Gasteiger charge is 2.15. The van der Waals surface area contributed by atoms with Gasteiger partial charge in [0.25, 0.3) is 11.5 Å². The number of benzene rings is 2. The Morgan fingerprint density at radius 3 is 2.62 bits per heavy atom. The SMILES string of the molecule is O=C(Nc1ccc(Oc2ccnc3nc[nH]c23)c(F)c1)c1cccn(-c2ccc(F)cc2)c1=O. The second kappa shape index (κ2) is 8.58. The minimum absolute atomic E-state index is 0.0709. The van der Waals surface area contributed by atoms with Gasteiger partial charge in [-0.3, -0.25) is 14.2 Å². The summed E-state index contributed by atoms with van der Waals surface area (Å²) in [5.41, 5.74) is 0.708. The van der Waals surface area contributed by atoms with Gasteiger partial charge in [0.1, 0.15) is 16.9 Å². The molecule has 0 fully saturated rings. The largest absolute Gasteiger partial charge is 0.452 e. The topological polar surface area (TPSA) is 102 Å². The van der Waals surface area contributed by atoms with Crippen molar-refractivity contribution in [3.63, 3.8) is 0 Å². The van der Waals surface area contributed by atoms with Crippen molar-refractivity contribution in [3.05, 3.63) is 107 Å². The molecule has 5 aromatic rings. The van der Waals surface area contributed by atoms with Gasteiger partial charge in [0.15, 0.2) is 23.0 Å². The number of carbonyl (C=O) groups excluding carboxylic acids is 1. The summed E-state index contributed by atoms with van der Waals surface area (Å²) in [4.78, 5) is 36.5. The molecule has 8 nitrogen and oxygen atoms in total. The number of aromatic amines is 1. The van der Waals surface area contributed by atoms with E-state index in [1.807, 2.05) is 0 Å². The van der Waals surface area contributed by atoms with E-state index in [0.717, 1.165) is 6.07 Å². The molecule has 0 bridgehead atoms. The number of fused-ring (bicyclic) bond motifs is 1. The van der Waals surface area contributed by atoms with Crippen molar-refractivity contribution < 1.29 is 18.3 Å². The average Bonchev–Trinajstić information content (AvgIpc) is 3.31. The number of H-pyrrole nitrogens is 1. The van der Waals surface area contributed by atoms with Crippen LogP contribution in [0, 0.1) is 11.6 Å². The molecule has 10 heteroatoms. The molecule has 168 valence electrons. The first kappa shape index (κ1) is 21.0. The van der Waals surface area contributed by atoms with Crippen molar-refractivity contribution in [1.82, 2.24) is 19.5 Å². The Labute approximate surface area is 190 Å². The van der Waals surface area contributed by atoms with E-state index in [4.69, 9.17) is 4.74 Å². The third kappa shape index (κ3) is 3.99. The second-order valence-corrected chi connectivity index (χ2v) is 7.19. The molecule has 2 aromatic carbocycles. The Morgan fingerprint density at radius 2 is 1.82 bits per heavy atom. The van der Waals surface area contributed by atoms with Crippen LogP contribution < -0.4 is 15.6 Å². The van der Waals surface area contributed by atoms with Gasteiger partial charge in [-0.05, 0) is 48.5 Å². The van der Waals surface area contributed by atoms with Gasteiger partial charge < -0.3 is 15.0 Å². The van der Waals surface area contributed by atoms with E-state index in [1.165, 1.54) is 71.8 Å². The van der Waals surface area contributed by atoms with Crippen molar-refractivity contribution in [1.29, 1.82) is 0 Å². The van der Waals surface area contributed by atoms with E-state index in [-0.39, 0.29) is 17.0 Å². The summed E-state index contributed by atoms with van der Waals surface area (Å²) in [5, 5.41) is 2.51. The van der Waals surface area contributed by atoms with Crippen LogP contribution in [0.1, 0.15) is 10.4 Å². The molecule has 0 saturated carbocycles. The van der Waals surface area contributed by atoms with Gasteiger partial charge in [-0.1, -0.05) is 0 Å². The Hall–Kier alpha value is -4.86. The quantitative estimate of drug-likeness (QED) is 0.405. The summed E-state index contributed by atoms with van der Waals surface area (Å²) >= 11 is 0. The van der Waals surface area contributed by atoms with Crippen LogP contribution in [0.4, 0.5) is 14.5 Å². The van der Waals surface area contributed by atoms with Crippen LogP contribution in [-0.2, 0) is 0 Å². The number of anilines is 1. The smallest absolute Gasteiger partial charge is 0.267 e. The van der Waals surface area contributed by atoms with Gasteiger partial charge in [-0.25, -0.2) is 18.7 Å². The lowest BCUT2D eigenvalue weighted by molar-refractivity contribution is 0.102. The van der Waals surface area contributed by atoms with E-state index in [0.29, 0.717) is 22.6 Å². The van der Waals surface area contributed by atoms with Crippen LogP contribution in [0.15, 0.2) is 84.2 Å². The van der Waals surface area contributed by atoms with Gasteiger partial charge >= 0.3 is 0 Å². The van der Waals surface area contributed by atoms with Crippen LogP contribution in [0.3, 0.4) is 0 Å². The van der Waals surface area contributed by atoms with Crippen molar-refractivity contribution in [2.75, 3.05) is 5.32 Å². The molecule has 0 saturated heterocycles. The van der Waals surface area contributed by atoms with Gasteiger partial charge in [-0.2, -0.15) is 0 Å². The van der Waals surface area contributed by atoms with E-state index in [1.54, 1.807) is 6.07 Å². The minimum Gasteiger partial charge on any atom is -0.452 e. The third-order valence-corrected chi connectivity index (χ3v) is 4.99. The number of rotatable bonds is 5. The van der Waals surface area contributed by atoms with Crippen LogP contribution in [0.2, 0.25) is 0 Å². The zero-order valence-electron chi connectivity index (χ0n) is 17.3. The number of hydrogen-bond donors (Lipinski definition) is 2. The first-order valence-corrected chi connectivity index (χ1v) is 10.0. The molecular formula is C24H15F2N5O3. The highest BCUT2D eigenvalue weighted by Crippen LogP contribution is 2.30. The maximum Gasteiger partial charge on any atom is 0.267 e. The molecule has 34 heavy (non-hydrogen) atoms. The summed E-state index contributed by atoms with van der Waals surface area (Å²) < 4.78 is 34.7. The lowest BCUT2D eigenvalue weighted by Gasteiger charge is -2.11. The fourth-order valence-corrected chi connectivity index (χ4v) is 3.36. The number of pyridine rings is 2. The average molecular weight is 459 g/mol. The number of nitrogens with zero attached hydrogens (tertiary/aromatic N) is 3. The normalized spacial score (nSPS) is 10.9. The highest BCUT2D eigenvalue weighted by molar-refractivity contribution is 6.04. The fraction of sp³-hybridized carbons (Fsp3) is 0. The Morgan fingerprint density at radius 1 is 1.00 bits per heavy atom. The van der Waals surface area contributed by atoms with Gasteiger partial charge in [0.2, 0.25) is 0 Å². The zero-order chi connectivity index (χ0) is 23.7. The lowest BCUT2D eigenvalue weighted by Crippen LogP contribution is -2.27. The van der Waals surface area contributed by atoms with Crippen LogP contribution in [-0.4, -0.2) is 25.4 Å². The second-order valence-electron chi connectivity index (χ2n) is 7.19. The summed E-state index contributed by atoms with van der Waals surface area (Å²) in [6, 6.07) is 13.6. The Bertz CT molecular complexity index is 1580. The van der Waals surface area contributed by atoms with Gasteiger partial charge in [0.05, 0.1) is 6.33 Å². The fourth-order valence-electron chi connectivity index (χ4n) is 3.36. The van der Waals surface area contributed by atoms with E-state index < -0.39 is 23.1 Å². The molecular weight excluding hydrogens is 444 g/mol. The number of aromatic nitrogens is 4. The molecule has 3 heterocycles.